The Balaban J connectivity index is 1.96. The van der Waals surface area contributed by atoms with Crippen LogP contribution in [-0.2, 0) is 26.6 Å². The first kappa shape index (κ1) is 14.3. The van der Waals surface area contributed by atoms with Gasteiger partial charge in [-0.05, 0) is 34.8 Å². The van der Waals surface area contributed by atoms with Gasteiger partial charge in [-0.3, -0.25) is 4.68 Å². The Kier molecular flexibility index (Phi) is 4.77. The van der Waals surface area contributed by atoms with E-state index >= 15 is 0 Å². The van der Waals surface area contributed by atoms with Crippen molar-refractivity contribution in [2.24, 2.45) is 7.05 Å². The summed E-state index contributed by atoms with van der Waals surface area (Å²) < 4.78 is 3.08. The maximum Gasteiger partial charge on any atom is 0.0767 e. The molecule has 2 aromatic rings. The van der Waals surface area contributed by atoms with Gasteiger partial charge in [0.05, 0.1) is 15.9 Å². The van der Waals surface area contributed by atoms with Crippen LogP contribution in [0.2, 0.25) is 0 Å². The van der Waals surface area contributed by atoms with Crippen LogP contribution in [0.5, 0.6) is 0 Å². The Morgan fingerprint density at radius 2 is 1.89 bits per heavy atom. The van der Waals surface area contributed by atoms with Crippen molar-refractivity contribution in [1.82, 2.24) is 15.1 Å². The molecule has 0 amide bonds. The molecular formula is C15H20BrN3. The molecule has 0 saturated carbocycles. The summed E-state index contributed by atoms with van der Waals surface area (Å²) in [4.78, 5) is 0. The molecule has 2 rings (SSSR count). The Morgan fingerprint density at radius 3 is 2.47 bits per heavy atom. The van der Waals surface area contributed by atoms with Gasteiger partial charge in [0, 0.05) is 20.1 Å². The summed E-state index contributed by atoms with van der Waals surface area (Å²) in [5.74, 6) is 0. The van der Waals surface area contributed by atoms with E-state index in [4.69, 9.17) is 0 Å². The van der Waals surface area contributed by atoms with E-state index in [0.717, 1.165) is 29.7 Å². The van der Waals surface area contributed by atoms with Gasteiger partial charge in [-0.2, -0.15) is 5.10 Å². The van der Waals surface area contributed by atoms with E-state index in [1.165, 1.54) is 16.8 Å². The molecule has 1 N–H and O–H groups in total. The molecule has 3 nitrogen and oxygen atoms in total. The average molecular weight is 322 g/mol. The Labute approximate surface area is 123 Å². The molecule has 0 spiro atoms. The standard InChI is InChI=1S/C15H20BrN3/c1-4-13-15(16)14(19(3)18-13)10-17-9-12-7-5-11(2)6-8-12/h5-8,17H,4,9-10H2,1-3H3. The van der Waals surface area contributed by atoms with Gasteiger partial charge in [0.1, 0.15) is 0 Å². The van der Waals surface area contributed by atoms with Crippen LogP contribution in [0, 0.1) is 6.92 Å². The number of hydrogen-bond donors (Lipinski definition) is 1. The van der Waals surface area contributed by atoms with Crippen molar-refractivity contribution >= 4 is 15.9 Å². The predicted octanol–water partition coefficient (Wildman–Crippen LogP) is 3.34. The lowest BCUT2D eigenvalue weighted by atomic mass is 10.1. The number of aromatic nitrogens is 2. The predicted molar refractivity (Wildman–Crippen MR) is 82.0 cm³/mol. The van der Waals surface area contributed by atoms with Crippen molar-refractivity contribution in [1.29, 1.82) is 0 Å². The van der Waals surface area contributed by atoms with Crippen LogP contribution in [0.15, 0.2) is 28.7 Å². The van der Waals surface area contributed by atoms with Gasteiger partial charge in [-0.15, -0.1) is 0 Å². The number of hydrogen-bond acceptors (Lipinski definition) is 2. The molecule has 0 aliphatic heterocycles. The molecule has 0 atom stereocenters. The minimum absolute atomic E-state index is 0.817. The monoisotopic (exact) mass is 321 g/mol. The molecular weight excluding hydrogens is 302 g/mol. The van der Waals surface area contributed by atoms with Crippen LogP contribution < -0.4 is 5.32 Å². The zero-order valence-electron chi connectivity index (χ0n) is 11.7. The fourth-order valence-electron chi connectivity index (χ4n) is 2.04. The Hall–Kier alpha value is -1.13. The molecule has 0 fully saturated rings. The maximum atomic E-state index is 4.50. The second kappa shape index (κ2) is 6.35. The Bertz CT molecular complexity index is 543. The van der Waals surface area contributed by atoms with Gasteiger partial charge in [0.2, 0.25) is 0 Å². The summed E-state index contributed by atoms with van der Waals surface area (Å²) in [7, 11) is 1.99. The molecule has 1 aromatic carbocycles. The number of halogens is 1. The van der Waals surface area contributed by atoms with Gasteiger partial charge in [0.25, 0.3) is 0 Å². The van der Waals surface area contributed by atoms with Crippen LogP contribution in [0.25, 0.3) is 0 Å². The van der Waals surface area contributed by atoms with Crippen molar-refractivity contribution in [3.05, 3.63) is 51.3 Å². The highest BCUT2D eigenvalue weighted by atomic mass is 79.9. The van der Waals surface area contributed by atoms with Gasteiger partial charge in [0.15, 0.2) is 0 Å². The fraction of sp³-hybridized carbons (Fsp3) is 0.400. The molecule has 19 heavy (non-hydrogen) atoms. The fourth-order valence-corrected chi connectivity index (χ4v) is 2.80. The lowest BCUT2D eigenvalue weighted by Crippen LogP contribution is -2.15. The summed E-state index contributed by atoms with van der Waals surface area (Å²) in [6.45, 7) is 5.92. The van der Waals surface area contributed by atoms with Crippen LogP contribution in [0.4, 0.5) is 0 Å². The zero-order chi connectivity index (χ0) is 13.8. The molecule has 0 unspecified atom stereocenters. The number of nitrogens with zero attached hydrogens (tertiary/aromatic N) is 2. The number of aryl methyl sites for hydroxylation is 3. The summed E-state index contributed by atoms with van der Waals surface area (Å²) in [5, 5.41) is 7.96. The minimum Gasteiger partial charge on any atom is -0.307 e. The highest BCUT2D eigenvalue weighted by Gasteiger charge is 2.11. The van der Waals surface area contributed by atoms with E-state index in [-0.39, 0.29) is 0 Å². The molecule has 102 valence electrons. The van der Waals surface area contributed by atoms with E-state index in [1.54, 1.807) is 0 Å². The van der Waals surface area contributed by atoms with E-state index in [9.17, 15) is 0 Å². The number of benzene rings is 1. The SMILES string of the molecule is CCc1nn(C)c(CNCc2ccc(C)cc2)c1Br. The van der Waals surface area contributed by atoms with Crippen molar-refractivity contribution in [2.45, 2.75) is 33.4 Å². The quantitative estimate of drug-likeness (QED) is 0.915. The topological polar surface area (TPSA) is 29.9 Å². The van der Waals surface area contributed by atoms with Crippen molar-refractivity contribution in [3.63, 3.8) is 0 Å². The molecule has 1 aromatic heterocycles. The van der Waals surface area contributed by atoms with Crippen LogP contribution in [0.3, 0.4) is 0 Å². The summed E-state index contributed by atoms with van der Waals surface area (Å²) in [6.07, 6.45) is 0.951. The van der Waals surface area contributed by atoms with E-state index in [1.807, 2.05) is 11.7 Å². The number of rotatable bonds is 5. The Morgan fingerprint density at radius 1 is 1.21 bits per heavy atom. The van der Waals surface area contributed by atoms with Gasteiger partial charge in [-0.25, -0.2) is 0 Å². The smallest absolute Gasteiger partial charge is 0.0767 e. The van der Waals surface area contributed by atoms with Crippen molar-refractivity contribution < 1.29 is 0 Å². The van der Waals surface area contributed by atoms with Crippen LogP contribution in [-0.4, -0.2) is 9.78 Å². The third-order valence-corrected chi connectivity index (χ3v) is 4.16. The third kappa shape index (κ3) is 3.45. The van der Waals surface area contributed by atoms with Gasteiger partial charge in [-0.1, -0.05) is 36.8 Å². The summed E-state index contributed by atoms with van der Waals surface area (Å²) >= 11 is 3.63. The third-order valence-electron chi connectivity index (χ3n) is 3.25. The summed E-state index contributed by atoms with van der Waals surface area (Å²) in [6, 6.07) is 8.62. The highest BCUT2D eigenvalue weighted by molar-refractivity contribution is 9.10. The lowest BCUT2D eigenvalue weighted by molar-refractivity contribution is 0.622. The normalized spacial score (nSPS) is 10.9. The second-order valence-corrected chi connectivity index (χ2v) is 5.57. The van der Waals surface area contributed by atoms with Crippen LogP contribution >= 0.6 is 15.9 Å². The highest BCUT2D eigenvalue weighted by Crippen LogP contribution is 2.21. The second-order valence-electron chi connectivity index (χ2n) is 4.77. The molecule has 0 saturated heterocycles. The molecule has 4 heteroatoms. The average Bonchev–Trinajstić information content (AvgIpc) is 2.68. The largest absolute Gasteiger partial charge is 0.307 e. The summed E-state index contributed by atoms with van der Waals surface area (Å²) in [5.41, 5.74) is 4.92. The molecule has 1 heterocycles. The first-order valence-corrected chi connectivity index (χ1v) is 7.37. The first-order valence-electron chi connectivity index (χ1n) is 6.58. The minimum atomic E-state index is 0.817. The maximum absolute atomic E-state index is 4.50. The number of nitrogens with one attached hydrogen (secondary N) is 1. The zero-order valence-corrected chi connectivity index (χ0v) is 13.3. The van der Waals surface area contributed by atoms with Crippen molar-refractivity contribution in [2.75, 3.05) is 0 Å². The molecule has 0 aliphatic rings. The lowest BCUT2D eigenvalue weighted by Gasteiger charge is -2.06. The van der Waals surface area contributed by atoms with Gasteiger partial charge >= 0.3 is 0 Å². The first-order chi connectivity index (χ1) is 9.11. The van der Waals surface area contributed by atoms with E-state index in [2.05, 4.69) is 64.5 Å². The molecule has 0 aliphatic carbocycles. The molecule has 0 radical (unpaired) electrons. The van der Waals surface area contributed by atoms with Crippen LogP contribution in [0.1, 0.15) is 29.4 Å². The van der Waals surface area contributed by atoms with E-state index < -0.39 is 0 Å². The van der Waals surface area contributed by atoms with Crippen molar-refractivity contribution in [3.8, 4) is 0 Å². The molecule has 0 bridgehead atoms. The van der Waals surface area contributed by atoms with Gasteiger partial charge < -0.3 is 5.32 Å². The van der Waals surface area contributed by atoms with E-state index in [0.29, 0.717) is 0 Å².